The molecule has 0 N–H and O–H groups in total. The number of rotatable bonds is 4. The second-order valence-corrected chi connectivity index (χ2v) is 2.82. The van der Waals surface area contributed by atoms with E-state index in [-0.39, 0.29) is 0 Å². The Balaban J connectivity index is 2.42. The molecule has 0 nitrogen and oxygen atoms in total. The van der Waals surface area contributed by atoms with Gasteiger partial charge in [-0.25, -0.2) is 0 Å². The number of benzene rings is 1. The smallest absolute Gasteiger partial charge is 0.00896 e. The van der Waals surface area contributed by atoms with Crippen LogP contribution in [0.4, 0.5) is 0 Å². The highest BCUT2D eigenvalue weighted by Gasteiger charge is 1.79. The molecule has 1 aromatic rings. The Labute approximate surface area is 85.6 Å². The van der Waals surface area contributed by atoms with E-state index in [1.807, 2.05) is 24.3 Å². The summed E-state index contributed by atoms with van der Waals surface area (Å²) in [5.74, 6) is 0. The zero-order chi connectivity index (χ0) is 10.1. The Hall–Kier alpha value is -1.78. The minimum atomic E-state index is 0.902. The van der Waals surface area contributed by atoms with Gasteiger partial charge in [-0.1, -0.05) is 55.1 Å². The van der Waals surface area contributed by atoms with E-state index in [4.69, 9.17) is 0 Å². The Kier molecular flexibility index (Phi) is 4.93. The molecule has 0 radical (unpaired) electrons. The van der Waals surface area contributed by atoms with Gasteiger partial charge in [0.25, 0.3) is 0 Å². The zero-order valence-electron chi connectivity index (χ0n) is 8.19. The van der Waals surface area contributed by atoms with Crippen molar-refractivity contribution < 1.29 is 0 Å². The molecular formula is C14H14. The maximum absolute atomic E-state index is 3.57. The molecule has 0 heteroatoms. The fourth-order valence-corrected chi connectivity index (χ4v) is 1.04. The summed E-state index contributed by atoms with van der Waals surface area (Å²) >= 11 is 0. The first-order valence-electron chi connectivity index (χ1n) is 4.67. The van der Waals surface area contributed by atoms with Crippen molar-refractivity contribution in [1.29, 1.82) is 0 Å². The van der Waals surface area contributed by atoms with Crippen LogP contribution in [0.3, 0.4) is 0 Å². The zero-order valence-corrected chi connectivity index (χ0v) is 8.19. The number of allylic oxidation sites excluding steroid dienone is 3. The van der Waals surface area contributed by atoms with Gasteiger partial charge < -0.3 is 0 Å². The van der Waals surface area contributed by atoms with Gasteiger partial charge in [-0.05, 0) is 24.1 Å². The van der Waals surface area contributed by atoms with Gasteiger partial charge in [0.15, 0.2) is 0 Å². The molecule has 0 bridgehead atoms. The summed E-state index contributed by atoms with van der Waals surface area (Å²) in [6.07, 6.45) is 10.6. The van der Waals surface area contributed by atoms with Crippen LogP contribution in [0.2, 0.25) is 0 Å². The molecule has 0 heterocycles. The minimum absolute atomic E-state index is 0.902. The van der Waals surface area contributed by atoms with E-state index < -0.39 is 0 Å². The van der Waals surface area contributed by atoms with Gasteiger partial charge in [0.1, 0.15) is 0 Å². The molecule has 0 amide bonds. The van der Waals surface area contributed by atoms with E-state index in [1.165, 1.54) is 5.56 Å². The van der Waals surface area contributed by atoms with Crippen molar-refractivity contribution in [2.24, 2.45) is 0 Å². The average molecular weight is 182 g/mol. The summed E-state index contributed by atoms with van der Waals surface area (Å²) in [6, 6.07) is 10.3. The van der Waals surface area contributed by atoms with Gasteiger partial charge in [0, 0.05) is 0 Å². The lowest BCUT2D eigenvalue weighted by molar-refractivity contribution is 1.41. The third-order valence-electron chi connectivity index (χ3n) is 1.70. The predicted molar refractivity (Wildman–Crippen MR) is 62.9 cm³/mol. The number of hydrogen-bond acceptors (Lipinski definition) is 0. The van der Waals surface area contributed by atoms with Crippen LogP contribution in [-0.2, 0) is 0 Å². The first kappa shape index (κ1) is 10.3. The summed E-state index contributed by atoms with van der Waals surface area (Å²) in [5.41, 5.74) is 4.23. The molecule has 0 aromatic heterocycles. The Bertz CT molecular complexity index is 349. The highest BCUT2D eigenvalue weighted by atomic mass is 13.9. The second kappa shape index (κ2) is 6.71. The quantitative estimate of drug-likeness (QED) is 0.488. The van der Waals surface area contributed by atoms with E-state index in [9.17, 15) is 0 Å². The standard InChI is InChI=1S/C14H14/c1-2-3-4-5-6-8-11-14-12-9-7-10-13-14/h2-3,5,7-13H,1,6H2. The molecule has 0 saturated carbocycles. The van der Waals surface area contributed by atoms with Crippen LogP contribution >= 0.6 is 0 Å². The summed E-state index contributed by atoms with van der Waals surface area (Å²) in [5, 5.41) is 0. The van der Waals surface area contributed by atoms with Crippen LogP contribution in [0.15, 0.2) is 66.9 Å². The van der Waals surface area contributed by atoms with Crippen molar-refractivity contribution in [3.05, 3.63) is 72.5 Å². The van der Waals surface area contributed by atoms with Gasteiger partial charge >= 0.3 is 0 Å². The first-order valence-corrected chi connectivity index (χ1v) is 4.67. The van der Waals surface area contributed by atoms with Gasteiger partial charge in [-0.15, -0.1) is 5.73 Å². The summed E-state index contributed by atoms with van der Waals surface area (Å²) < 4.78 is 0. The van der Waals surface area contributed by atoms with Crippen LogP contribution in [0, 0.1) is 0 Å². The Morgan fingerprint density at radius 3 is 2.71 bits per heavy atom. The Morgan fingerprint density at radius 1 is 1.21 bits per heavy atom. The van der Waals surface area contributed by atoms with Crippen molar-refractivity contribution >= 4 is 6.08 Å². The van der Waals surface area contributed by atoms with E-state index in [2.05, 4.69) is 36.6 Å². The summed E-state index contributed by atoms with van der Waals surface area (Å²) in [6.45, 7) is 3.57. The molecular weight excluding hydrogens is 168 g/mol. The normalized spacial score (nSPS) is 9.43. The predicted octanol–water partition coefficient (Wildman–Crippen LogP) is 3.99. The first-order chi connectivity index (χ1) is 6.93. The van der Waals surface area contributed by atoms with Crippen molar-refractivity contribution in [3.63, 3.8) is 0 Å². The average Bonchev–Trinajstić information content (AvgIpc) is 2.25. The Morgan fingerprint density at radius 2 is 2.00 bits per heavy atom. The SMILES string of the molecule is C=CC=C=CCC=Cc1ccccc1. The van der Waals surface area contributed by atoms with Crippen molar-refractivity contribution in [2.45, 2.75) is 6.42 Å². The van der Waals surface area contributed by atoms with E-state index in [1.54, 1.807) is 12.2 Å². The fraction of sp³-hybridized carbons (Fsp3) is 0.0714. The minimum Gasteiger partial charge on any atom is -0.125 e. The highest BCUT2D eigenvalue weighted by molar-refractivity contribution is 5.48. The van der Waals surface area contributed by atoms with Gasteiger partial charge in [0.2, 0.25) is 0 Å². The molecule has 14 heavy (non-hydrogen) atoms. The van der Waals surface area contributed by atoms with E-state index in [0.29, 0.717) is 0 Å². The largest absolute Gasteiger partial charge is 0.125 e. The molecule has 0 aliphatic heterocycles. The third-order valence-corrected chi connectivity index (χ3v) is 1.70. The summed E-state index contributed by atoms with van der Waals surface area (Å²) in [4.78, 5) is 0. The molecule has 0 atom stereocenters. The third kappa shape index (κ3) is 4.30. The molecule has 0 saturated heterocycles. The van der Waals surface area contributed by atoms with Crippen molar-refractivity contribution in [2.75, 3.05) is 0 Å². The lowest BCUT2D eigenvalue weighted by Gasteiger charge is -1.88. The van der Waals surface area contributed by atoms with Gasteiger partial charge in [0.05, 0.1) is 0 Å². The van der Waals surface area contributed by atoms with Gasteiger partial charge in [-0.2, -0.15) is 0 Å². The van der Waals surface area contributed by atoms with Crippen LogP contribution < -0.4 is 0 Å². The van der Waals surface area contributed by atoms with Crippen LogP contribution in [0.25, 0.3) is 6.08 Å². The van der Waals surface area contributed by atoms with Crippen LogP contribution in [0.1, 0.15) is 12.0 Å². The second-order valence-electron chi connectivity index (χ2n) is 2.82. The lowest BCUT2D eigenvalue weighted by Crippen LogP contribution is -1.67. The van der Waals surface area contributed by atoms with E-state index >= 15 is 0 Å². The molecule has 1 rings (SSSR count). The molecule has 0 aliphatic carbocycles. The highest BCUT2D eigenvalue weighted by Crippen LogP contribution is 2.01. The number of hydrogen-bond donors (Lipinski definition) is 0. The van der Waals surface area contributed by atoms with Crippen LogP contribution in [-0.4, -0.2) is 0 Å². The maximum atomic E-state index is 3.57. The van der Waals surface area contributed by atoms with Crippen molar-refractivity contribution in [1.82, 2.24) is 0 Å². The maximum Gasteiger partial charge on any atom is -0.00896 e. The van der Waals surface area contributed by atoms with E-state index in [0.717, 1.165) is 6.42 Å². The molecule has 0 fully saturated rings. The lowest BCUT2D eigenvalue weighted by atomic mass is 10.2. The topological polar surface area (TPSA) is 0 Å². The monoisotopic (exact) mass is 182 g/mol. The molecule has 70 valence electrons. The molecule has 0 spiro atoms. The van der Waals surface area contributed by atoms with Crippen molar-refractivity contribution in [3.8, 4) is 0 Å². The molecule has 1 aromatic carbocycles. The van der Waals surface area contributed by atoms with Gasteiger partial charge in [-0.3, -0.25) is 0 Å². The molecule has 0 unspecified atom stereocenters. The van der Waals surface area contributed by atoms with Crippen LogP contribution in [0.5, 0.6) is 0 Å². The fourth-order valence-electron chi connectivity index (χ4n) is 1.04. The molecule has 0 aliphatic rings. The summed E-state index contributed by atoms with van der Waals surface area (Å²) in [7, 11) is 0.